The quantitative estimate of drug-likeness (QED) is 0.624. The Labute approximate surface area is 153 Å². The fourth-order valence-corrected chi connectivity index (χ4v) is 7.53. The van der Waals surface area contributed by atoms with E-state index in [0.717, 1.165) is 30.1 Å². The molecule has 1 heteroatoms. The molecule has 6 unspecified atom stereocenters. The van der Waals surface area contributed by atoms with E-state index in [2.05, 4.69) is 39.8 Å². The second kappa shape index (κ2) is 5.35. The predicted octanol–water partition coefficient (Wildman–Crippen LogP) is 5.53. The molecule has 25 heavy (non-hydrogen) atoms. The maximum atomic E-state index is 10.1. The number of fused-ring (bicyclic) bond motifs is 5. The molecule has 5 aliphatic carbocycles. The molecule has 1 N–H and O–H groups in total. The average molecular weight is 339 g/mol. The zero-order valence-electron chi connectivity index (χ0n) is 16.4. The molecule has 0 bridgehead atoms. The monoisotopic (exact) mass is 338 g/mol. The minimum absolute atomic E-state index is 0.264. The van der Waals surface area contributed by atoms with Gasteiger partial charge in [-0.3, -0.25) is 0 Å². The van der Waals surface area contributed by atoms with E-state index in [-0.39, 0.29) is 6.61 Å². The van der Waals surface area contributed by atoms with Crippen molar-refractivity contribution in [3.8, 4) is 0 Å². The van der Waals surface area contributed by atoms with Gasteiger partial charge in [-0.1, -0.05) is 44.1 Å². The third-order valence-electron chi connectivity index (χ3n) is 8.88. The topological polar surface area (TPSA) is 20.2 Å². The summed E-state index contributed by atoms with van der Waals surface area (Å²) in [6.45, 7) is 10.1. The van der Waals surface area contributed by atoms with E-state index in [1.54, 1.807) is 16.7 Å². The Balaban J connectivity index is 1.59. The fraction of sp³-hybridized carbons (Fsp3) is 0.750. The maximum absolute atomic E-state index is 10.1. The summed E-state index contributed by atoms with van der Waals surface area (Å²) >= 11 is 0. The van der Waals surface area contributed by atoms with E-state index >= 15 is 0 Å². The van der Waals surface area contributed by atoms with E-state index < -0.39 is 0 Å². The Bertz CT molecular complexity index is 685. The van der Waals surface area contributed by atoms with Crippen molar-refractivity contribution in [3.63, 3.8) is 0 Å². The summed E-state index contributed by atoms with van der Waals surface area (Å²) in [5.74, 6) is 5.41. The third-order valence-corrected chi connectivity index (χ3v) is 8.88. The molecule has 3 saturated carbocycles. The summed E-state index contributed by atoms with van der Waals surface area (Å²) in [7, 11) is 0. The molecule has 0 radical (unpaired) electrons. The third kappa shape index (κ3) is 2.17. The van der Waals surface area contributed by atoms with Crippen LogP contribution in [-0.2, 0) is 0 Å². The van der Waals surface area contributed by atoms with Crippen LogP contribution in [0.4, 0.5) is 0 Å². The van der Waals surface area contributed by atoms with Crippen molar-refractivity contribution < 1.29 is 5.11 Å². The largest absolute Gasteiger partial charge is 0.392 e. The first-order valence-electron chi connectivity index (χ1n) is 10.6. The first kappa shape index (κ1) is 16.4. The Morgan fingerprint density at radius 3 is 2.56 bits per heavy atom. The molecule has 3 fully saturated rings. The van der Waals surface area contributed by atoms with Crippen LogP contribution in [0.2, 0.25) is 0 Å². The van der Waals surface area contributed by atoms with Crippen LogP contribution >= 0.6 is 0 Å². The number of allylic oxidation sites excluding steroid dienone is 5. The second-order valence-corrected chi connectivity index (χ2v) is 10.4. The minimum atomic E-state index is 0.264. The molecule has 0 aromatic heterocycles. The highest BCUT2D eigenvalue weighted by atomic mass is 16.3. The predicted molar refractivity (Wildman–Crippen MR) is 103 cm³/mol. The molecule has 136 valence electrons. The summed E-state index contributed by atoms with van der Waals surface area (Å²) in [4.78, 5) is 0. The van der Waals surface area contributed by atoms with Crippen molar-refractivity contribution in [1.29, 1.82) is 0 Å². The zero-order chi connectivity index (χ0) is 17.5. The van der Waals surface area contributed by atoms with Gasteiger partial charge in [-0.15, -0.1) is 0 Å². The van der Waals surface area contributed by atoms with Gasteiger partial charge in [0, 0.05) is 0 Å². The first-order valence-corrected chi connectivity index (χ1v) is 10.6. The average Bonchev–Trinajstić information content (AvgIpc) is 2.99. The minimum Gasteiger partial charge on any atom is -0.392 e. The molecule has 0 saturated heterocycles. The fourth-order valence-electron chi connectivity index (χ4n) is 7.53. The number of hydrogen-bond donors (Lipinski definition) is 1. The summed E-state index contributed by atoms with van der Waals surface area (Å²) in [6.07, 6.45) is 11.8. The Kier molecular flexibility index (Phi) is 3.50. The van der Waals surface area contributed by atoms with Crippen molar-refractivity contribution in [2.45, 2.75) is 59.8 Å². The van der Waals surface area contributed by atoms with Crippen molar-refractivity contribution >= 4 is 0 Å². The van der Waals surface area contributed by atoms with E-state index in [0.29, 0.717) is 23.2 Å². The summed E-state index contributed by atoms with van der Waals surface area (Å²) in [6, 6.07) is 0. The van der Waals surface area contributed by atoms with Crippen LogP contribution in [0.3, 0.4) is 0 Å². The van der Waals surface area contributed by atoms with Gasteiger partial charge in [0.25, 0.3) is 0 Å². The molecule has 0 spiro atoms. The molecular formula is C24H34O. The number of hydrogen-bond acceptors (Lipinski definition) is 1. The second-order valence-electron chi connectivity index (χ2n) is 10.4. The van der Waals surface area contributed by atoms with E-state index in [1.165, 1.54) is 31.3 Å². The molecule has 0 aromatic carbocycles. The highest BCUT2D eigenvalue weighted by Gasteiger charge is 2.66. The molecule has 5 rings (SSSR count). The molecular weight excluding hydrogens is 304 g/mol. The molecule has 0 aromatic rings. The van der Waals surface area contributed by atoms with Gasteiger partial charge in [0.2, 0.25) is 0 Å². The smallest absolute Gasteiger partial charge is 0.0642 e. The van der Waals surface area contributed by atoms with E-state index in [4.69, 9.17) is 0 Å². The highest BCUT2D eigenvalue weighted by Crippen LogP contribution is 2.71. The van der Waals surface area contributed by atoms with Gasteiger partial charge in [-0.05, 0) is 97.0 Å². The SMILES string of the molecule is CC1=CC2C(CC(CO)=CC3C2C(C)CC2[C@H]3C2(C)C)C1=C1CCC1. The Hall–Kier alpha value is -0.820. The van der Waals surface area contributed by atoms with Gasteiger partial charge >= 0.3 is 0 Å². The first-order chi connectivity index (χ1) is 11.9. The summed E-state index contributed by atoms with van der Waals surface area (Å²) < 4.78 is 0. The normalized spacial score (nSPS) is 47.0. The molecule has 1 nitrogen and oxygen atoms in total. The number of rotatable bonds is 1. The van der Waals surface area contributed by atoms with Gasteiger partial charge in [-0.2, -0.15) is 0 Å². The Morgan fingerprint density at radius 2 is 1.92 bits per heavy atom. The Morgan fingerprint density at radius 1 is 1.16 bits per heavy atom. The number of aliphatic hydroxyl groups excluding tert-OH is 1. The summed E-state index contributed by atoms with van der Waals surface area (Å²) in [5, 5.41) is 10.1. The van der Waals surface area contributed by atoms with Gasteiger partial charge in [0.15, 0.2) is 0 Å². The van der Waals surface area contributed by atoms with Crippen molar-refractivity contribution in [3.05, 3.63) is 34.4 Å². The molecule has 0 amide bonds. The lowest BCUT2D eigenvalue weighted by atomic mass is 9.64. The standard InChI is InChI=1S/C24H34O/c1-13-8-17-18(21(13)16-6-5-7-16)10-15(12-25)11-19-22(17)14(2)9-20-23(19)24(20,3)4/h8,11,14,17-20,22-23,25H,5-7,9-10,12H2,1-4H3/t14?,17?,18?,19?,20?,22?,23-/m0/s1. The van der Waals surface area contributed by atoms with Crippen molar-refractivity contribution in [1.82, 2.24) is 0 Å². The van der Waals surface area contributed by atoms with Gasteiger partial charge in [0.1, 0.15) is 0 Å². The van der Waals surface area contributed by atoms with E-state index in [1.807, 2.05) is 0 Å². The lowest BCUT2D eigenvalue weighted by Gasteiger charge is -2.40. The van der Waals surface area contributed by atoms with Gasteiger partial charge < -0.3 is 5.11 Å². The molecule has 0 heterocycles. The van der Waals surface area contributed by atoms with Crippen LogP contribution in [0.5, 0.6) is 0 Å². The van der Waals surface area contributed by atoms with Crippen LogP contribution in [0.25, 0.3) is 0 Å². The molecule has 0 aliphatic heterocycles. The van der Waals surface area contributed by atoms with Crippen LogP contribution in [0.15, 0.2) is 34.4 Å². The van der Waals surface area contributed by atoms with Crippen LogP contribution < -0.4 is 0 Å². The van der Waals surface area contributed by atoms with Crippen LogP contribution in [0.1, 0.15) is 59.8 Å². The van der Waals surface area contributed by atoms with Crippen LogP contribution in [0, 0.1) is 46.8 Å². The lowest BCUT2D eigenvalue weighted by molar-refractivity contribution is 0.127. The van der Waals surface area contributed by atoms with Crippen molar-refractivity contribution in [2.75, 3.05) is 6.61 Å². The lowest BCUT2D eigenvalue weighted by Crippen LogP contribution is -2.34. The highest BCUT2D eigenvalue weighted by molar-refractivity contribution is 5.46. The zero-order valence-corrected chi connectivity index (χ0v) is 16.4. The van der Waals surface area contributed by atoms with Gasteiger partial charge in [0.05, 0.1) is 6.61 Å². The molecule has 5 aliphatic rings. The molecule has 7 atom stereocenters. The van der Waals surface area contributed by atoms with Gasteiger partial charge in [-0.25, -0.2) is 0 Å². The van der Waals surface area contributed by atoms with E-state index in [9.17, 15) is 5.11 Å². The van der Waals surface area contributed by atoms with Crippen LogP contribution in [-0.4, -0.2) is 11.7 Å². The summed E-state index contributed by atoms with van der Waals surface area (Å²) in [5.41, 5.74) is 6.87. The maximum Gasteiger partial charge on any atom is 0.0642 e. The number of aliphatic hydroxyl groups is 1. The van der Waals surface area contributed by atoms with Crippen molar-refractivity contribution in [2.24, 2.45) is 46.8 Å².